The van der Waals surface area contributed by atoms with E-state index in [1.807, 2.05) is 0 Å². The van der Waals surface area contributed by atoms with Crippen molar-refractivity contribution in [1.29, 1.82) is 5.00 Å². The first-order valence-electron chi connectivity index (χ1n) is 2.38. The van der Waals surface area contributed by atoms with Gasteiger partial charge in [0.15, 0.2) is 0 Å². The van der Waals surface area contributed by atoms with Crippen molar-refractivity contribution in [2.24, 2.45) is 0 Å². The Bertz CT molecular complexity index is 68.6. The van der Waals surface area contributed by atoms with Gasteiger partial charge < -0.3 is 0 Å². The molecule has 0 N–H and O–H groups in total. The second-order valence-corrected chi connectivity index (χ2v) is 1.69. The van der Waals surface area contributed by atoms with E-state index in [1.54, 1.807) is 0 Å². The van der Waals surface area contributed by atoms with Crippen molar-refractivity contribution in [2.75, 3.05) is 6.61 Å². The van der Waals surface area contributed by atoms with Crippen molar-refractivity contribution in [3.8, 4) is 0 Å². The van der Waals surface area contributed by atoms with Crippen LogP contribution in [0.15, 0.2) is 0 Å². The average molecular weight is 118 g/mol. The first kappa shape index (κ1) is 7.10. The Morgan fingerprint density at radius 3 is 2.86 bits per heavy atom. The molecular formula is C4H9NOP. The standard InChI is InChI=1S/C4H9NOP/c1-2-3-4-6-7-5/h2-4H2,1H3. The number of nitrogens with zero attached hydrogens (tertiary/aromatic N) is 1. The molecule has 0 saturated heterocycles. The number of rotatable bonds is 3. The summed E-state index contributed by atoms with van der Waals surface area (Å²) in [6.45, 7) is 2.76. The van der Waals surface area contributed by atoms with Crippen molar-refractivity contribution >= 4 is 8.44 Å². The van der Waals surface area contributed by atoms with Crippen LogP contribution in [-0.4, -0.2) is 6.61 Å². The molecule has 2 nitrogen and oxygen atoms in total. The number of unbranched alkanes of at least 4 members (excludes halogenated alkanes) is 1. The predicted octanol–water partition coefficient (Wildman–Crippen LogP) is 2.14. The van der Waals surface area contributed by atoms with Gasteiger partial charge >= 0.3 is 44.3 Å². The number of hydrogen-bond donors (Lipinski definition) is 0. The van der Waals surface area contributed by atoms with Gasteiger partial charge in [-0.25, -0.2) is 0 Å². The zero-order chi connectivity index (χ0) is 5.54. The van der Waals surface area contributed by atoms with Crippen molar-refractivity contribution in [2.45, 2.75) is 19.8 Å². The Morgan fingerprint density at radius 2 is 2.43 bits per heavy atom. The van der Waals surface area contributed by atoms with Crippen molar-refractivity contribution < 1.29 is 4.52 Å². The Kier molecular flexibility index (Phi) is 6.19. The van der Waals surface area contributed by atoms with Gasteiger partial charge in [0, 0.05) is 0 Å². The normalized spacial score (nSPS) is 8.57. The van der Waals surface area contributed by atoms with E-state index in [1.165, 1.54) is 0 Å². The summed E-state index contributed by atoms with van der Waals surface area (Å²) < 4.78 is 4.60. The molecule has 0 aliphatic heterocycles. The van der Waals surface area contributed by atoms with Crippen molar-refractivity contribution in [3.05, 3.63) is 0 Å². The third kappa shape index (κ3) is 6.10. The van der Waals surface area contributed by atoms with Crippen LogP contribution >= 0.6 is 8.44 Å². The fourth-order valence-corrected chi connectivity index (χ4v) is 0.460. The van der Waals surface area contributed by atoms with Crippen LogP contribution in [0, 0.1) is 5.00 Å². The molecule has 0 aromatic carbocycles. The molecule has 3 heteroatoms. The van der Waals surface area contributed by atoms with E-state index >= 15 is 0 Å². The van der Waals surface area contributed by atoms with Crippen molar-refractivity contribution in [3.63, 3.8) is 0 Å². The van der Waals surface area contributed by atoms with E-state index in [2.05, 4.69) is 11.4 Å². The van der Waals surface area contributed by atoms with Crippen LogP contribution in [0.2, 0.25) is 0 Å². The van der Waals surface area contributed by atoms with Crippen LogP contribution in [-0.2, 0) is 4.52 Å². The molecule has 0 aromatic rings. The number of hydrogen-bond acceptors (Lipinski definition) is 2. The first-order valence-corrected chi connectivity index (χ1v) is 3.14. The summed E-state index contributed by atoms with van der Waals surface area (Å²) in [6, 6.07) is 0. The Hall–Kier alpha value is 0.100. The van der Waals surface area contributed by atoms with E-state index in [4.69, 9.17) is 5.00 Å². The maximum atomic E-state index is 8.04. The van der Waals surface area contributed by atoms with Crippen LogP contribution < -0.4 is 0 Å². The van der Waals surface area contributed by atoms with Crippen LogP contribution in [0.5, 0.6) is 0 Å². The van der Waals surface area contributed by atoms with E-state index in [-0.39, 0.29) is 8.44 Å². The second-order valence-electron chi connectivity index (χ2n) is 1.27. The molecule has 0 aliphatic rings. The molecule has 0 unspecified atom stereocenters. The summed E-state index contributed by atoms with van der Waals surface area (Å²) in [5.74, 6) is 0. The van der Waals surface area contributed by atoms with Crippen LogP contribution in [0.25, 0.3) is 0 Å². The molecule has 41 valence electrons. The summed E-state index contributed by atoms with van der Waals surface area (Å²) in [7, 11) is 0.0546. The fourth-order valence-electron chi connectivity index (χ4n) is 0.250. The van der Waals surface area contributed by atoms with Gasteiger partial charge in [0.05, 0.1) is 0 Å². The monoisotopic (exact) mass is 118 g/mol. The van der Waals surface area contributed by atoms with Gasteiger partial charge in [0.1, 0.15) is 0 Å². The molecule has 0 bridgehead atoms. The molecule has 7 heavy (non-hydrogen) atoms. The van der Waals surface area contributed by atoms with E-state index in [9.17, 15) is 0 Å². The van der Waals surface area contributed by atoms with Gasteiger partial charge in [-0.2, -0.15) is 0 Å². The molecule has 0 aromatic heterocycles. The average Bonchev–Trinajstić information content (AvgIpc) is 1.69. The zero-order valence-electron chi connectivity index (χ0n) is 4.42. The maximum absolute atomic E-state index is 8.04. The molecular weight excluding hydrogens is 109 g/mol. The van der Waals surface area contributed by atoms with E-state index in [0.29, 0.717) is 6.61 Å². The zero-order valence-corrected chi connectivity index (χ0v) is 5.32. The predicted molar refractivity (Wildman–Crippen MR) is 29.5 cm³/mol. The van der Waals surface area contributed by atoms with Crippen LogP contribution in [0.3, 0.4) is 0 Å². The molecule has 0 fully saturated rings. The van der Waals surface area contributed by atoms with Gasteiger partial charge in [0.25, 0.3) is 0 Å². The quantitative estimate of drug-likeness (QED) is 0.420. The topological polar surface area (TPSA) is 33.0 Å². The summed E-state index contributed by atoms with van der Waals surface area (Å²) in [5.41, 5.74) is 0. The van der Waals surface area contributed by atoms with Crippen LogP contribution in [0.1, 0.15) is 19.8 Å². The Balaban J connectivity index is 2.60. The molecule has 0 atom stereocenters. The van der Waals surface area contributed by atoms with Gasteiger partial charge in [-0.1, -0.05) is 0 Å². The van der Waals surface area contributed by atoms with E-state index < -0.39 is 0 Å². The van der Waals surface area contributed by atoms with Gasteiger partial charge in [-0.05, 0) is 0 Å². The SMILES string of the molecule is CCCCO[P]#N. The minimum atomic E-state index is 0.0546. The van der Waals surface area contributed by atoms with Gasteiger partial charge in [0.2, 0.25) is 0 Å². The summed E-state index contributed by atoms with van der Waals surface area (Å²) in [6.07, 6.45) is 2.16. The molecule has 1 radical (unpaired) electrons. The molecule has 0 saturated carbocycles. The molecule has 0 spiro atoms. The summed E-state index contributed by atoms with van der Waals surface area (Å²) in [5, 5.41) is 8.04. The first-order chi connectivity index (χ1) is 3.41. The Labute approximate surface area is 45.3 Å². The third-order valence-electron chi connectivity index (χ3n) is 0.647. The van der Waals surface area contributed by atoms with Crippen molar-refractivity contribution in [1.82, 2.24) is 0 Å². The Morgan fingerprint density at radius 1 is 1.71 bits per heavy atom. The van der Waals surface area contributed by atoms with Gasteiger partial charge in [-0.3, -0.25) is 0 Å². The molecule has 0 aliphatic carbocycles. The summed E-state index contributed by atoms with van der Waals surface area (Å²) >= 11 is 0. The minimum absolute atomic E-state index is 0.0546. The molecule has 0 heterocycles. The van der Waals surface area contributed by atoms with Gasteiger partial charge in [-0.15, -0.1) is 0 Å². The summed E-state index contributed by atoms with van der Waals surface area (Å²) in [4.78, 5) is 0. The van der Waals surface area contributed by atoms with Crippen LogP contribution in [0.4, 0.5) is 0 Å². The van der Waals surface area contributed by atoms with E-state index in [0.717, 1.165) is 12.8 Å². The fraction of sp³-hybridized carbons (Fsp3) is 1.00. The third-order valence-corrected chi connectivity index (χ3v) is 0.945. The molecule has 0 amide bonds. The second kappa shape index (κ2) is 6.10. The molecule has 0 rings (SSSR count).